The number of carboxylic acid groups (broad SMARTS) is 1. The third kappa shape index (κ3) is 58.9. The number of hydrogen-bond acceptors (Lipinski definition) is 8. The van der Waals surface area contributed by atoms with Crippen molar-refractivity contribution in [2.45, 2.75) is 232 Å². The van der Waals surface area contributed by atoms with E-state index in [4.69, 9.17) is 18.9 Å². The minimum atomic E-state index is -1.64. The van der Waals surface area contributed by atoms with Crippen LogP contribution in [-0.2, 0) is 33.3 Å². The van der Waals surface area contributed by atoms with Gasteiger partial charge in [0.1, 0.15) is 13.2 Å². The molecule has 2 unspecified atom stereocenters. The number of carbonyl (C=O) groups is 3. The summed E-state index contributed by atoms with van der Waals surface area (Å²) in [5.41, 5.74) is 0. The molecule has 77 heavy (non-hydrogen) atoms. The van der Waals surface area contributed by atoms with Crippen LogP contribution in [-0.4, -0.2) is 82.3 Å². The molecule has 0 heterocycles. The molecule has 0 N–H and O–H groups in total. The maximum absolute atomic E-state index is 12.9. The van der Waals surface area contributed by atoms with Crippen LogP contribution in [0.25, 0.3) is 0 Å². The van der Waals surface area contributed by atoms with Gasteiger partial charge in [-0.1, -0.05) is 231 Å². The van der Waals surface area contributed by atoms with Crippen molar-refractivity contribution in [1.82, 2.24) is 0 Å². The van der Waals surface area contributed by atoms with Crippen molar-refractivity contribution in [2.75, 3.05) is 47.5 Å². The number of esters is 2. The smallest absolute Gasteiger partial charge is 0.306 e. The number of allylic oxidation sites excluding steroid dienone is 22. The predicted molar refractivity (Wildman–Crippen MR) is 324 cm³/mol. The Morgan fingerprint density at radius 3 is 1.05 bits per heavy atom. The van der Waals surface area contributed by atoms with Crippen molar-refractivity contribution in [3.8, 4) is 0 Å². The number of aliphatic carboxylic acids is 1. The molecule has 0 rings (SSSR count). The molecule has 9 heteroatoms. The number of rotatable bonds is 54. The number of unbranched alkanes of at least 4 members (excludes halogenated alkanes) is 17. The lowest BCUT2D eigenvalue weighted by Gasteiger charge is -2.26. The van der Waals surface area contributed by atoms with Gasteiger partial charge in [0.15, 0.2) is 12.4 Å². The fraction of sp³-hybridized carbons (Fsp3) is 0.632. The molecule has 436 valence electrons. The third-order valence-electron chi connectivity index (χ3n) is 12.4. The lowest BCUT2D eigenvalue weighted by Crippen LogP contribution is -2.44. The highest BCUT2D eigenvalue weighted by Crippen LogP contribution is 2.15. The molecule has 0 aliphatic carbocycles. The predicted octanol–water partition coefficient (Wildman–Crippen LogP) is 16.9. The van der Waals surface area contributed by atoms with Crippen LogP contribution in [0.1, 0.15) is 219 Å². The topological polar surface area (TPSA) is 111 Å². The van der Waals surface area contributed by atoms with E-state index >= 15 is 0 Å². The van der Waals surface area contributed by atoms with Gasteiger partial charge in [-0.2, -0.15) is 0 Å². The van der Waals surface area contributed by atoms with E-state index in [-0.39, 0.29) is 32.7 Å². The lowest BCUT2D eigenvalue weighted by atomic mass is 10.0. The molecule has 0 aromatic rings. The summed E-state index contributed by atoms with van der Waals surface area (Å²) in [6.07, 6.45) is 79.4. The summed E-state index contributed by atoms with van der Waals surface area (Å²) < 4.78 is 22.7. The highest BCUT2D eigenvalue weighted by Gasteiger charge is 2.22. The first-order chi connectivity index (χ1) is 37.6. The lowest BCUT2D eigenvalue weighted by molar-refractivity contribution is -0.870. The quantitative estimate of drug-likeness (QED) is 0.0195. The zero-order chi connectivity index (χ0) is 56.2. The van der Waals surface area contributed by atoms with E-state index in [1.807, 2.05) is 21.1 Å². The van der Waals surface area contributed by atoms with Crippen LogP contribution >= 0.6 is 0 Å². The van der Waals surface area contributed by atoms with Crippen molar-refractivity contribution in [3.63, 3.8) is 0 Å². The molecule has 2 atom stereocenters. The Kier molecular flexibility index (Phi) is 54.2. The Hall–Kier alpha value is -4.57. The Morgan fingerprint density at radius 1 is 0.390 bits per heavy atom. The monoisotopic (exact) mass is 1070 g/mol. The van der Waals surface area contributed by atoms with Gasteiger partial charge in [0.05, 0.1) is 40.3 Å². The molecule has 0 aliphatic heterocycles. The summed E-state index contributed by atoms with van der Waals surface area (Å²) in [6.45, 7) is 4.47. The number of carbonyl (C=O) groups excluding carboxylic acids is 3. The molecule has 0 aromatic carbocycles. The maximum Gasteiger partial charge on any atom is 0.306 e. The summed E-state index contributed by atoms with van der Waals surface area (Å²) >= 11 is 0. The molecule has 0 amide bonds. The Morgan fingerprint density at radius 2 is 0.701 bits per heavy atom. The summed E-state index contributed by atoms with van der Waals surface area (Å²) in [6, 6.07) is 0. The minimum absolute atomic E-state index is 0.135. The van der Waals surface area contributed by atoms with Gasteiger partial charge in [-0.05, 0) is 109 Å². The van der Waals surface area contributed by atoms with Gasteiger partial charge in [-0.15, -0.1) is 0 Å². The molecule has 0 saturated heterocycles. The Bertz CT molecular complexity index is 1720. The minimum Gasteiger partial charge on any atom is -0.545 e. The number of carboxylic acids is 1. The Balaban J connectivity index is 4.23. The molecular formula is C68H111NO8. The number of ether oxygens (including phenoxy) is 4. The van der Waals surface area contributed by atoms with Gasteiger partial charge in [0.2, 0.25) is 0 Å². The number of hydrogen-bond donors (Lipinski definition) is 0. The van der Waals surface area contributed by atoms with E-state index < -0.39 is 30.3 Å². The fourth-order valence-corrected chi connectivity index (χ4v) is 7.80. The molecular weight excluding hydrogens is 959 g/mol. The van der Waals surface area contributed by atoms with Crippen LogP contribution < -0.4 is 5.11 Å². The SMILES string of the molecule is CC/C=C\C/C=C\C/C=C\C/C=C\C/C=C\C/C=C\CCCCCCCCCCCCCCCCC(=O)OC(COC(=O)CCCCC/C=C\C/C=C\C/C=C\C/C=C\C/C=C\CC)COC(OCC[N+](C)(C)C)C(=O)[O-]. The molecule has 0 radical (unpaired) electrons. The first-order valence-corrected chi connectivity index (χ1v) is 30.3. The maximum atomic E-state index is 12.9. The van der Waals surface area contributed by atoms with E-state index in [9.17, 15) is 19.5 Å². The largest absolute Gasteiger partial charge is 0.545 e. The summed E-state index contributed by atoms with van der Waals surface area (Å²) in [4.78, 5) is 37.3. The second-order valence-electron chi connectivity index (χ2n) is 20.9. The standard InChI is InChI=1S/C68H111NO8/c1-6-8-10-12-14-16-18-20-22-24-26-27-28-29-30-31-32-33-34-35-36-37-38-39-41-43-45-47-49-51-53-55-57-59-66(71)77-64(63-76-68(67(72)73)74-61-60-69(3,4)5)62-75-65(70)58-56-54-52-50-48-46-44-42-40-25-23-21-19-17-15-13-11-9-7-2/h8-11,14-17,20-23,26-27,29-30,32-33,40,42,46,48,64,68H,6-7,12-13,18-19,24-25,28,31,34-39,41,43-45,47,49-63H2,1-5H3/b10-8-,11-9-,16-14-,17-15-,22-20-,23-21-,27-26-,30-29-,33-32-,42-40-,48-46-. The normalized spacial score (nSPS) is 13.7. The van der Waals surface area contributed by atoms with Crippen LogP contribution in [0.5, 0.6) is 0 Å². The molecule has 0 bridgehead atoms. The molecule has 0 fully saturated rings. The van der Waals surface area contributed by atoms with E-state index in [1.54, 1.807) is 0 Å². The van der Waals surface area contributed by atoms with Crippen LogP contribution in [0.4, 0.5) is 0 Å². The Labute approximate surface area is 471 Å². The molecule has 0 aromatic heterocycles. The van der Waals surface area contributed by atoms with E-state index in [2.05, 4.69) is 148 Å². The number of quaternary nitrogens is 1. The van der Waals surface area contributed by atoms with Gasteiger partial charge >= 0.3 is 11.9 Å². The van der Waals surface area contributed by atoms with Crippen molar-refractivity contribution in [2.24, 2.45) is 0 Å². The fourth-order valence-electron chi connectivity index (χ4n) is 7.80. The summed E-state index contributed by atoms with van der Waals surface area (Å²) in [7, 11) is 5.90. The molecule has 0 saturated carbocycles. The summed E-state index contributed by atoms with van der Waals surface area (Å²) in [5.74, 6) is -2.34. The van der Waals surface area contributed by atoms with Crippen molar-refractivity contribution >= 4 is 17.9 Å². The van der Waals surface area contributed by atoms with Crippen molar-refractivity contribution < 1.29 is 42.9 Å². The van der Waals surface area contributed by atoms with Crippen LogP contribution in [0.2, 0.25) is 0 Å². The van der Waals surface area contributed by atoms with Gasteiger partial charge in [0, 0.05) is 12.8 Å². The zero-order valence-corrected chi connectivity index (χ0v) is 49.5. The number of likely N-dealkylation sites (N-methyl/N-ethyl adjacent to an activating group) is 1. The van der Waals surface area contributed by atoms with Gasteiger partial charge in [0.25, 0.3) is 0 Å². The first-order valence-electron chi connectivity index (χ1n) is 30.3. The molecule has 9 nitrogen and oxygen atoms in total. The average molecular weight is 1070 g/mol. The van der Waals surface area contributed by atoms with E-state index in [0.717, 1.165) is 109 Å². The molecule has 0 aliphatic rings. The van der Waals surface area contributed by atoms with Crippen LogP contribution in [0, 0.1) is 0 Å². The van der Waals surface area contributed by atoms with Crippen LogP contribution in [0.3, 0.4) is 0 Å². The molecule has 0 spiro atoms. The highest BCUT2D eigenvalue weighted by atomic mass is 16.7. The van der Waals surface area contributed by atoms with Crippen LogP contribution in [0.15, 0.2) is 134 Å². The van der Waals surface area contributed by atoms with Gasteiger partial charge in [-0.25, -0.2) is 0 Å². The average Bonchev–Trinajstić information content (AvgIpc) is 3.40. The van der Waals surface area contributed by atoms with E-state index in [0.29, 0.717) is 23.9 Å². The second kappa shape index (κ2) is 57.6. The van der Waals surface area contributed by atoms with E-state index in [1.165, 1.54) is 70.6 Å². The van der Waals surface area contributed by atoms with Crippen molar-refractivity contribution in [1.29, 1.82) is 0 Å². The zero-order valence-electron chi connectivity index (χ0n) is 49.5. The third-order valence-corrected chi connectivity index (χ3v) is 12.4. The highest BCUT2D eigenvalue weighted by molar-refractivity contribution is 5.70. The number of nitrogens with zero attached hydrogens (tertiary/aromatic N) is 1. The summed E-state index contributed by atoms with van der Waals surface area (Å²) in [5, 5.41) is 11.8. The van der Waals surface area contributed by atoms with Crippen molar-refractivity contribution in [3.05, 3.63) is 134 Å². The van der Waals surface area contributed by atoms with Gasteiger partial charge in [-0.3, -0.25) is 9.59 Å². The second-order valence-corrected chi connectivity index (χ2v) is 20.9. The first kappa shape index (κ1) is 72.4. The van der Waals surface area contributed by atoms with Gasteiger partial charge < -0.3 is 33.3 Å².